The van der Waals surface area contributed by atoms with E-state index in [-0.39, 0.29) is 18.3 Å². The molecule has 5 heteroatoms. The summed E-state index contributed by atoms with van der Waals surface area (Å²) in [5.41, 5.74) is 4.56. The van der Waals surface area contributed by atoms with Crippen LogP contribution in [0.5, 0.6) is 0 Å². The van der Waals surface area contributed by atoms with Crippen LogP contribution in [-0.2, 0) is 14.3 Å². The van der Waals surface area contributed by atoms with E-state index in [1.165, 1.54) is 0 Å². The maximum Gasteiger partial charge on any atom is 0.336 e. The molecule has 0 unspecified atom stereocenters. The number of carbonyl (C=O) groups is 2. The van der Waals surface area contributed by atoms with Crippen LogP contribution in [0.3, 0.4) is 0 Å². The Morgan fingerprint density at radius 1 is 1.10 bits per heavy atom. The molecule has 0 saturated carbocycles. The molecule has 0 fully saturated rings. The number of Topliss-reactive ketones (excluding diaryl/α,β-unsaturated/α-hetero) is 1. The van der Waals surface area contributed by atoms with Gasteiger partial charge in [-0.05, 0) is 43.4 Å². The molecule has 1 aliphatic carbocycles. The van der Waals surface area contributed by atoms with Gasteiger partial charge in [0.25, 0.3) is 0 Å². The van der Waals surface area contributed by atoms with Crippen molar-refractivity contribution in [2.75, 3.05) is 6.61 Å². The topological polar surface area (TPSA) is 55.4 Å². The third kappa shape index (κ3) is 3.68. The molecule has 2 aromatic rings. The van der Waals surface area contributed by atoms with Crippen molar-refractivity contribution in [3.05, 3.63) is 93.3 Å². The van der Waals surface area contributed by atoms with Crippen LogP contribution in [0.1, 0.15) is 49.7 Å². The minimum absolute atomic E-state index is 0.0387. The summed E-state index contributed by atoms with van der Waals surface area (Å²) >= 11 is 6.53. The van der Waals surface area contributed by atoms with Gasteiger partial charge in [0.2, 0.25) is 0 Å². The molecule has 4 nitrogen and oxygen atoms in total. The Kier molecular flexibility index (Phi) is 5.78. The van der Waals surface area contributed by atoms with Crippen LogP contribution in [-0.4, -0.2) is 18.4 Å². The highest BCUT2D eigenvalue weighted by atomic mass is 35.5. The molecule has 30 heavy (non-hydrogen) atoms. The predicted octanol–water partition coefficient (Wildman–Crippen LogP) is 5.26. The van der Waals surface area contributed by atoms with Crippen LogP contribution in [0, 0.1) is 0 Å². The van der Waals surface area contributed by atoms with Crippen LogP contribution in [0.4, 0.5) is 0 Å². The quantitative estimate of drug-likeness (QED) is 0.683. The zero-order valence-electron chi connectivity index (χ0n) is 17.1. The first-order valence-corrected chi connectivity index (χ1v) is 10.6. The first-order chi connectivity index (χ1) is 14.5. The summed E-state index contributed by atoms with van der Waals surface area (Å²) < 4.78 is 5.34. The lowest BCUT2D eigenvalue weighted by molar-refractivity contribution is -0.138. The lowest BCUT2D eigenvalue weighted by atomic mass is 9.71. The maximum absolute atomic E-state index is 13.4. The molecule has 0 amide bonds. The van der Waals surface area contributed by atoms with Gasteiger partial charge in [-0.25, -0.2) is 4.79 Å². The number of halogens is 1. The molecule has 2 aliphatic rings. The fourth-order valence-corrected chi connectivity index (χ4v) is 4.74. The zero-order valence-corrected chi connectivity index (χ0v) is 17.8. The second kappa shape index (κ2) is 8.49. The maximum atomic E-state index is 13.4. The number of rotatable bonds is 4. The molecule has 0 spiro atoms. The Balaban J connectivity index is 1.82. The second-order valence-corrected chi connectivity index (χ2v) is 8.08. The number of carbonyl (C=O) groups excluding carboxylic acids is 2. The minimum atomic E-state index is -0.529. The van der Waals surface area contributed by atoms with Crippen molar-refractivity contribution in [3.8, 4) is 0 Å². The number of ether oxygens (including phenoxy) is 1. The van der Waals surface area contributed by atoms with E-state index >= 15 is 0 Å². The van der Waals surface area contributed by atoms with Crippen LogP contribution in [0.2, 0.25) is 5.02 Å². The molecule has 4 rings (SSSR count). The van der Waals surface area contributed by atoms with E-state index in [0.717, 1.165) is 16.8 Å². The van der Waals surface area contributed by atoms with Crippen LogP contribution < -0.4 is 5.32 Å². The van der Waals surface area contributed by atoms with Crippen molar-refractivity contribution in [2.24, 2.45) is 0 Å². The highest BCUT2D eigenvalue weighted by Crippen LogP contribution is 2.47. The third-order valence-corrected chi connectivity index (χ3v) is 6.15. The number of ketones is 1. The van der Waals surface area contributed by atoms with E-state index < -0.39 is 11.9 Å². The summed E-state index contributed by atoms with van der Waals surface area (Å²) in [6, 6.07) is 17.5. The molecule has 154 valence electrons. The van der Waals surface area contributed by atoms with Crippen molar-refractivity contribution in [1.82, 2.24) is 5.32 Å². The number of benzene rings is 2. The smallest absolute Gasteiger partial charge is 0.336 e. The fourth-order valence-electron chi connectivity index (χ4n) is 4.50. The molecule has 0 aromatic heterocycles. The normalized spacial score (nSPS) is 21.2. The first-order valence-electron chi connectivity index (χ1n) is 10.2. The SMILES string of the molecule is CCOC(=O)C1=C(C)NC2=C(C(=O)C[C@@H](c3ccccc3)C2)[C@H]1c1ccccc1Cl. The van der Waals surface area contributed by atoms with Gasteiger partial charge < -0.3 is 10.1 Å². The minimum Gasteiger partial charge on any atom is -0.463 e. The first kappa shape index (κ1) is 20.4. The van der Waals surface area contributed by atoms with Gasteiger partial charge in [-0.2, -0.15) is 0 Å². The molecule has 0 radical (unpaired) electrons. The fraction of sp³-hybridized carbons (Fsp3) is 0.280. The molecular weight excluding hydrogens is 398 g/mol. The molecule has 0 bridgehead atoms. The molecule has 0 saturated heterocycles. The van der Waals surface area contributed by atoms with Crippen LogP contribution in [0.25, 0.3) is 0 Å². The van der Waals surface area contributed by atoms with E-state index in [1.54, 1.807) is 13.0 Å². The lowest BCUT2D eigenvalue weighted by Gasteiger charge is -2.37. The van der Waals surface area contributed by atoms with Crippen LogP contribution >= 0.6 is 11.6 Å². The van der Waals surface area contributed by atoms with Crippen molar-refractivity contribution < 1.29 is 14.3 Å². The van der Waals surface area contributed by atoms with E-state index in [0.29, 0.717) is 34.7 Å². The van der Waals surface area contributed by atoms with Gasteiger partial charge in [-0.15, -0.1) is 0 Å². The van der Waals surface area contributed by atoms with Crippen molar-refractivity contribution in [3.63, 3.8) is 0 Å². The summed E-state index contributed by atoms with van der Waals surface area (Å²) in [6.45, 7) is 3.90. The summed E-state index contributed by atoms with van der Waals surface area (Å²) in [6.07, 6.45) is 1.11. The molecule has 1 N–H and O–H groups in total. The number of esters is 1. The van der Waals surface area contributed by atoms with E-state index in [4.69, 9.17) is 16.3 Å². The Bertz CT molecular complexity index is 1060. The number of nitrogens with one attached hydrogen (secondary N) is 1. The highest BCUT2D eigenvalue weighted by molar-refractivity contribution is 6.31. The standard InChI is InChI=1S/C25H24ClNO3/c1-3-30-25(29)22-15(2)27-20-13-17(16-9-5-4-6-10-16)14-21(28)24(20)23(22)18-11-7-8-12-19(18)26/h4-12,17,23,27H,3,13-14H2,1-2H3/t17-,23-/m0/s1. The van der Waals surface area contributed by atoms with Gasteiger partial charge in [0, 0.05) is 34.3 Å². The summed E-state index contributed by atoms with van der Waals surface area (Å²) in [5.74, 6) is -0.805. The molecule has 1 heterocycles. The highest BCUT2D eigenvalue weighted by Gasteiger charge is 2.41. The molecule has 2 aromatic carbocycles. The van der Waals surface area contributed by atoms with Gasteiger partial charge in [0.15, 0.2) is 5.78 Å². The zero-order chi connectivity index (χ0) is 21.3. The monoisotopic (exact) mass is 421 g/mol. The van der Waals surface area contributed by atoms with Gasteiger partial charge in [0.1, 0.15) is 0 Å². The van der Waals surface area contributed by atoms with Crippen molar-refractivity contribution in [1.29, 1.82) is 0 Å². The van der Waals surface area contributed by atoms with Gasteiger partial charge in [-0.3, -0.25) is 4.79 Å². The molecular formula is C25H24ClNO3. The Morgan fingerprint density at radius 2 is 1.80 bits per heavy atom. The largest absolute Gasteiger partial charge is 0.463 e. The van der Waals surface area contributed by atoms with Gasteiger partial charge >= 0.3 is 5.97 Å². The van der Waals surface area contributed by atoms with E-state index in [9.17, 15) is 9.59 Å². The second-order valence-electron chi connectivity index (χ2n) is 7.67. The van der Waals surface area contributed by atoms with Crippen molar-refractivity contribution in [2.45, 2.75) is 38.5 Å². The number of hydrogen-bond donors (Lipinski definition) is 1. The van der Waals surface area contributed by atoms with Crippen LogP contribution in [0.15, 0.2) is 77.1 Å². The van der Waals surface area contributed by atoms with E-state index in [1.807, 2.05) is 43.3 Å². The lowest BCUT2D eigenvalue weighted by Crippen LogP contribution is -2.36. The van der Waals surface area contributed by atoms with Crippen molar-refractivity contribution >= 4 is 23.4 Å². The number of hydrogen-bond acceptors (Lipinski definition) is 4. The Labute approximate surface area is 181 Å². The summed E-state index contributed by atoms with van der Waals surface area (Å²) in [7, 11) is 0. The van der Waals surface area contributed by atoms with Gasteiger partial charge in [0.05, 0.1) is 12.2 Å². The average molecular weight is 422 g/mol. The third-order valence-electron chi connectivity index (χ3n) is 5.81. The molecule has 1 aliphatic heterocycles. The number of allylic oxidation sites excluding steroid dienone is 3. The average Bonchev–Trinajstić information content (AvgIpc) is 2.74. The predicted molar refractivity (Wildman–Crippen MR) is 117 cm³/mol. The Morgan fingerprint density at radius 3 is 2.50 bits per heavy atom. The van der Waals surface area contributed by atoms with E-state index in [2.05, 4.69) is 17.4 Å². The van der Waals surface area contributed by atoms with Gasteiger partial charge in [-0.1, -0.05) is 60.1 Å². The number of dihydropyridines is 1. The summed E-state index contributed by atoms with van der Waals surface area (Å²) in [4.78, 5) is 26.3. The molecule has 2 atom stereocenters. The summed E-state index contributed by atoms with van der Waals surface area (Å²) in [5, 5.41) is 3.88. The Hall–Kier alpha value is -2.85.